The highest BCUT2D eigenvalue weighted by molar-refractivity contribution is 7.96. The molecule has 1 aromatic heterocycles. The Balaban J connectivity index is 1.78. The average Bonchev–Trinajstić information content (AvgIpc) is 2.94. The molecule has 1 heterocycles. The van der Waals surface area contributed by atoms with Crippen LogP contribution in [0.3, 0.4) is 0 Å². The van der Waals surface area contributed by atoms with Crippen molar-refractivity contribution in [3.63, 3.8) is 0 Å². The third-order valence-electron chi connectivity index (χ3n) is 6.20. The van der Waals surface area contributed by atoms with E-state index in [9.17, 15) is 27.4 Å². The van der Waals surface area contributed by atoms with Crippen molar-refractivity contribution >= 4 is 61.5 Å². The van der Waals surface area contributed by atoms with E-state index < -0.39 is 63.2 Å². The van der Waals surface area contributed by atoms with E-state index in [1.165, 1.54) is 24.5 Å². The summed E-state index contributed by atoms with van der Waals surface area (Å²) in [5, 5.41) is 5.90. The highest BCUT2D eigenvalue weighted by atomic mass is 35.5. The van der Waals surface area contributed by atoms with Gasteiger partial charge in [-0.15, -0.1) is 0 Å². The number of carbonyl (C=O) groups is 3. The molecular weight excluding hydrogens is 640 g/mol. The van der Waals surface area contributed by atoms with Crippen LogP contribution in [0, 0.1) is 6.92 Å². The summed E-state index contributed by atoms with van der Waals surface area (Å²) < 4.78 is 45.9. The van der Waals surface area contributed by atoms with Crippen molar-refractivity contribution in [1.29, 1.82) is 0 Å². The number of aromatic nitrogens is 1. The fourth-order valence-corrected chi connectivity index (χ4v) is 5.81. The zero-order valence-corrected chi connectivity index (χ0v) is 28.0. The third-order valence-corrected chi connectivity index (χ3v) is 9.15. The number of aryl methyl sites for hydroxylation is 1. The van der Waals surface area contributed by atoms with Gasteiger partial charge in [-0.05, 0) is 74.7 Å². The standard InChI is InChI=1S/C31H37ClN4O7S2/c1-20-10-14-24(15-11-20)45(41,42)36-26(16-22-13-12-21-8-6-7-9-25(21)34-22)30(39)33-19-28(37)35-23(17-27(32)44(5)40)18-29(38)43-31(2,3)4/h6-15,17,23,26,36H,16,18-19H2,1-5H3,(H,33,39)(H,35,37)/b27-17+. The lowest BCUT2D eigenvalue weighted by atomic mass is 10.1. The molecule has 0 radical (unpaired) electrons. The molecule has 0 saturated carbocycles. The van der Waals surface area contributed by atoms with Crippen molar-refractivity contribution in [1.82, 2.24) is 20.3 Å². The number of para-hydroxylation sites is 1. The van der Waals surface area contributed by atoms with Gasteiger partial charge in [-0.1, -0.05) is 42.0 Å². The summed E-state index contributed by atoms with van der Waals surface area (Å²) in [6.07, 6.45) is 2.20. The largest absolute Gasteiger partial charge is 0.611 e. The number of carbonyl (C=O) groups excluding carboxylic acids is 3. The van der Waals surface area contributed by atoms with Crippen LogP contribution in [0.2, 0.25) is 0 Å². The molecule has 3 aromatic rings. The minimum Gasteiger partial charge on any atom is -0.611 e. The number of ether oxygens (including phenoxy) is 1. The Morgan fingerprint density at radius 1 is 1.07 bits per heavy atom. The van der Waals surface area contributed by atoms with Gasteiger partial charge in [0, 0.05) is 23.6 Å². The normalized spacial score (nSPS) is 14.3. The second-order valence-electron chi connectivity index (χ2n) is 11.3. The smallest absolute Gasteiger partial charge is 0.308 e. The molecule has 242 valence electrons. The molecule has 45 heavy (non-hydrogen) atoms. The summed E-state index contributed by atoms with van der Waals surface area (Å²) in [5.41, 5.74) is 1.21. The molecule has 3 N–H and O–H groups in total. The molecule has 3 atom stereocenters. The molecule has 14 heteroatoms. The maximum atomic E-state index is 13.4. The van der Waals surface area contributed by atoms with Gasteiger partial charge in [-0.2, -0.15) is 4.72 Å². The van der Waals surface area contributed by atoms with Crippen LogP contribution >= 0.6 is 11.6 Å². The first-order valence-corrected chi connectivity index (χ1v) is 17.4. The number of hydrogen-bond donors (Lipinski definition) is 3. The Kier molecular flexibility index (Phi) is 12.5. The molecule has 0 spiro atoms. The van der Waals surface area contributed by atoms with Crippen LogP contribution in [0.5, 0.6) is 0 Å². The molecule has 3 rings (SSSR count). The number of amides is 2. The first-order chi connectivity index (χ1) is 21.0. The van der Waals surface area contributed by atoms with Crippen molar-refractivity contribution in [3.05, 3.63) is 82.4 Å². The fourth-order valence-electron chi connectivity index (χ4n) is 4.11. The van der Waals surface area contributed by atoms with E-state index in [2.05, 4.69) is 20.3 Å². The molecule has 0 bridgehead atoms. The lowest BCUT2D eigenvalue weighted by molar-refractivity contribution is -0.155. The van der Waals surface area contributed by atoms with Gasteiger partial charge < -0.3 is 19.9 Å². The van der Waals surface area contributed by atoms with Crippen molar-refractivity contribution in [2.24, 2.45) is 0 Å². The Bertz CT molecular complexity index is 1660. The zero-order valence-electron chi connectivity index (χ0n) is 25.6. The predicted molar refractivity (Wildman–Crippen MR) is 174 cm³/mol. The number of rotatable bonds is 13. The van der Waals surface area contributed by atoms with E-state index in [0.29, 0.717) is 11.2 Å². The van der Waals surface area contributed by atoms with Crippen LogP contribution < -0.4 is 15.4 Å². The van der Waals surface area contributed by atoms with Crippen LogP contribution in [0.4, 0.5) is 0 Å². The van der Waals surface area contributed by atoms with Crippen LogP contribution in [0.1, 0.15) is 38.4 Å². The summed E-state index contributed by atoms with van der Waals surface area (Å²) in [4.78, 5) is 43.2. The third kappa shape index (κ3) is 11.7. The van der Waals surface area contributed by atoms with Crippen molar-refractivity contribution in [3.8, 4) is 0 Å². The van der Waals surface area contributed by atoms with Crippen LogP contribution in [0.25, 0.3) is 10.9 Å². The number of sulfonamides is 1. The topological polar surface area (TPSA) is 167 Å². The second-order valence-corrected chi connectivity index (χ2v) is 15.0. The number of benzene rings is 2. The highest BCUT2D eigenvalue weighted by Crippen LogP contribution is 2.17. The summed E-state index contributed by atoms with van der Waals surface area (Å²) in [7, 11) is -4.13. The van der Waals surface area contributed by atoms with Crippen molar-refractivity contribution < 1.29 is 32.1 Å². The van der Waals surface area contributed by atoms with Crippen LogP contribution in [-0.2, 0) is 46.7 Å². The maximum Gasteiger partial charge on any atom is 0.308 e. The van der Waals surface area contributed by atoms with E-state index in [0.717, 1.165) is 10.9 Å². The first-order valence-electron chi connectivity index (χ1n) is 14.0. The van der Waals surface area contributed by atoms with Crippen molar-refractivity contribution in [2.75, 3.05) is 12.8 Å². The van der Waals surface area contributed by atoms with Gasteiger partial charge in [0.05, 0.1) is 29.4 Å². The molecule has 2 aromatic carbocycles. The van der Waals surface area contributed by atoms with E-state index in [-0.39, 0.29) is 22.1 Å². The molecule has 3 unspecified atom stereocenters. The quantitative estimate of drug-likeness (QED) is 0.183. The molecular formula is C31H37ClN4O7S2. The minimum atomic E-state index is -4.13. The van der Waals surface area contributed by atoms with Gasteiger partial charge in [-0.25, -0.2) is 8.42 Å². The summed E-state index contributed by atoms with van der Waals surface area (Å²) in [6.45, 7) is 6.33. The van der Waals surface area contributed by atoms with E-state index in [1.54, 1.807) is 45.0 Å². The van der Waals surface area contributed by atoms with Gasteiger partial charge in [0.2, 0.25) is 26.2 Å². The van der Waals surface area contributed by atoms with E-state index in [1.807, 2.05) is 31.2 Å². The summed E-state index contributed by atoms with van der Waals surface area (Å²) >= 11 is 4.46. The molecule has 0 aliphatic rings. The number of pyridine rings is 1. The molecule has 0 fully saturated rings. The lowest BCUT2D eigenvalue weighted by Crippen LogP contribution is -2.50. The Morgan fingerprint density at radius 3 is 2.38 bits per heavy atom. The molecule has 2 amide bonds. The first kappa shape index (κ1) is 36.0. The average molecular weight is 677 g/mol. The number of nitrogens with one attached hydrogen (secondary N) is 3. The lowest BCUT2D eigenvalue weighted by Gasteiger charge is -2.22. The number of esters is 1. The Morgan fingerprint density at radius 2 is 1.73 bits per heavy atom. The molecule has 0 aliphatic heterocycles. The summed E-state index contributed by atoms with van der Waals surface area (Å²) in [5.74, 6) is -2.11. The fraction of sp³-hybridized carbons (Fsp3) is 0.355. The van der Waals surface area contributed by atoms with Crippen molar-refractivity contribution in [2.45, 2.75) is 63.1 Å². The van der Waals surface area contributed by atoms with Gasteiger partial charge >= 0.3 is 5.97 Å². The summed E-state index contributed by atoms with van der Waals surface area (Å²) in [6, 6.07) is 14.7. The Labute approximate surface area is 271 Å². The zero-order chi connectivity index (χ0) is 33.4. The number of hydrogen-bond acceptors (Lipinski definition) is 8. The molecule has 0 saturated heterocycles. The number of fused-ring (bicyclic) bond motifs is 1. The maximum absolute atomic E-state index is 13.4. The van der Waals surface area contributed by atoms with Gasteiger partial charge in [0.25, 0.3) is 0 Å². The van der Waals surface area contributed by atoms with Gasteiger partial charge in [0.1, 0.15) is 17.9 Å². The predicted octanol–water partition coefficient (Wildman–Crippen LogP) is 3.22. The highest BCUT2D eigenvalue weighted by Gasteiger charge is 2.28. The van der Waals surface area contributed by atoms with Crippen LogP contribution in [0.15, 0.2) is 76.0 Å². The monoisotopic (exact) mass is 676 g/mol. The van der Waals surface area contributed by atoms with E-state index >= 15 is 0 Å². The molecule has 11 nitrogen and oxygen atoms in total. The molecule has 0 aliphatic carbocycles. The van der Waals surface area contributed by atoms with E-state index in [4.69, 9.17) is 16.3 Å². The van der Waals surface area contributed by atoms with Gasteiger partial charge in [-0.3, -0.25) is 19.4 Å². The number of halogens is 1. The SMILES string of the molecule is Cc1ccc(S(=O)(=O)NC(Cc2ccc3ccccc3n2)C(=O)NCC(=O)NC(/C=C(\Cl)[S+](C)[O-])CC(=O)OC(C)(C)C)cc1. The van der Waals surface area contributed by atoms with Crippen LogP contribution in [-0.4, -0.2) is 66.2 Å². The second kappa shape index (κ2) is 15.7. The van der Waals surface area contributed by atoms with Gasteiger partial charge in [0.15, 0.2) is 0 Å². The Hall–Kier alpha value is -3.49. The minimum absolute atomic E-state index is 0.0305. The number of nitrogens with zero attached hydrogens (tertiary/aromatic N) is 1.